The Bertz CT molecular complexity index is 639. The number of rotatable bonds is 5. The van der Waals surface area contributed by atoms with Gasteiger partial charge in [0.2, 0.25) is 0 Å². The molecule has 24 heavy (non-hydrogen) atoms. The van der Waals surface area contributed by atoms with Crippen LogP contribution in [-0.2, 0) is 6.54 Å². The lowest BCUT2D eigenvalue weighted by atomic mass is 10.0. The predicted octanol–water partition coefficient (Wildman–Crippen LogP) is 3.96. The standard InChI is InChI=1S/C21H27N3/c1-18(2)21-10-8-19(9-11-21)16-22-24-14-12-23(13-15-24)17-20-6-4-3-5-7-20/h3-11,16,18H,12-15,17H2,1-2H3/b22-16+. The lowest BCUT2D eigenvalue weighted by Crippen LogP contribution is -2.43. The Morgan fingerprint density at radius 2 is 1.58 bits per heavy atom. The second-order valence-electron chi connectivity index (χ2n) is 6.78. The number of benzene rings is 2. The van der Waals surface area contributed by atoms with Gasteiger partial charge in [0.15, 0.2) is 0 Å². The molecule has 0 aliphatic carbocycles. The van der Waals surface area contributed by atoms with E-state index in [-0.39, 0.29) is 0 Å². The van der Waals surface area contributed by atoms with Gasteiger partial charge in [-0.05, 0) is 22.6 Å². The van der Waals surface area contributed by atoms with E-state index >= 15 is 0 Å². The molecule has 3 heteroatoms. The van der Waals surface area contributed by atoms with Crippen molar-refractivity contribution in [2.45, 2.75) is 26.3 Å². The summed E-state index contributed by atoms with van der Waals surface area (Å²) in [5.74, 6) is 0.577. The normalized spacial score (nSPS) is 16.2. The van der Waals surface area contributed by atoms with Crippen molar-refractivity contribution in [1.29, 1.82) is 0 Å². The summed E-state index contributed by atoms with van der Waals surface area (Å²) < 4.78 is 0. The quantitative estimate of drug-likeness (QED) is 0.776. The van der Waals surface area contributed by atoms with E-state index in [4.69, 9.17) is 0 Å². The molecule has 0 atom stereocenters. The number of hydrogen-bond acceptors (Lipinski definition) is 3. The van der Waals surface area contributed by atoms with E-state index in [9.17, 15) is 0 Å². The van der Waals surface area contributed by atoms with Crippen LogP contribution in [0, 0.1) is 0 Å². The number of hydrazone groups is 1. The van der Waals surface area contributed by atoms with E-state index in [1.54, 1.807) is 0 Å². The Morgan fingerprint density at radius 3 is 2.21 bits per heavy atom. The highest BCUT2D eigenvalue weighted by Gasteiger charge is 2.15. The highest BCUT2D eigenvalue weighted by Crippen LogP contribution is 2.14. The van der Waals surface area contributed by atoms with Crippen molar-refractivity contribution in [2.24, 2.45) is 5.10 Å². The summed E-state index contributed by atoms with van der Waals surface area (Å²) in [5.41, 5.74) is 3.94. The molecule has 2 aromatic carbocycles. The molecule has 0 radical (unpaired) electrons. The van der Waals surface area contributed by atoms with Gasteiger partial charge in [-0.2, -0.15) is 5.10 Å². The van der Waals surface area contributed by atoms with Crippen LogP contribution in [0.2, 0.25) is 0 Å². The van der Waals surface area contributed by atoms with Crippen molar-refractivity contribution >= 4 is 6.21 Å². The van der Waals surface area contributed by atoms with Gasteiger partial charge in [0.25, 0.3) is 0 Å². The second-order valence-corrected chi connectivity index (χ2v) is 6.78. The maximum Gasteiger partial charge on any atom is 0.0542 e. The third-order valence-electron chi connectivity index (χ3n) is 4.57. The minimum atomic E-state index is 0.577. The molecule has 2 aromatic rings. The van der Waals surface area contributed by atoms with Crippen LogP contribution in [0.1, 0.15) is 36.5 Å². The summed E-state index contributed by atoms with van der Waals surface area (Å²) in [4.78, 5) is 2.50. The average molecular weight is 321 g/mol. The van der Waals surface area contributed by atoms with Crippen LogP contribution >= 0.6 is 0 Å². The summed E-state index contributed by atoms with van der Waals surface area (Å²) in [7, 11) is 0. The number of nitrogens with zero attached hydrogens (tertiary/aromatic N) is 3. The zero-order valence-electron chi connectivity index (χ0n) is 14.7. The Hall–Kier alpha value is -2.13. The van der Waals surface area contributed by atoms with Crippen LogP contribution in [0.4, 0.5) is 0 Å². The lowest BCUT2D eigenvalue weighted by Gasteiger charge is -2.33. The van der Waals surface area contributed by atoms with Gasteiger partial charge < -0.3 is 0 Å². The van der Waals surface area contributed by atoms with E-state index in [0.717, 1.165) is 32.7 Å². The third-order valence-corrected chi connectivity index (χ3v) is 4.57. The van der Waals surface area contributed by atoms with E-state index in [0.29, 0.717) is 5.92 Å². The van der Waals surface area contributed by atoms with Crippen LogP contribution < -0.4 is 0 Å². The molecule has 0 bridgehead atoms. The predicted molar refractivity (Wildman–Crippen MR) is 101 cm³/mol. The molecule has 1 aliphatic heterocycles. The first-order chi connectivity index (χ1) is 11.7. The van der Waals surface area contributed by atoms with Crippen molar-refractivity contribution in [2.75, 3.05) is 26.2 Å². The van der Waals surface area contributed by atoms with Crippen molar-refractivity contribution in [1.82, 2.24) is 9.91 Å². The first-order valence-corrected chi connectivity index (χ1v) is 8.86. The topological polar surface area (TPSA) is 18.8 Å². The molecular weight excluding hydrogens is 294 g/mol. The van der Waals surface area contributed by atoms with Crippen LogP contribution in [0.5, 0.6) is 0 Å². The molecule has 0 aromatic heterocycles. The molecule has 126 valence electrons. The first-order valence-electron chi connectivity index (χ1n) is 8.86. The number of hydrogen-bond donors (Lipinski definition) is 0. The van der Waals surface area contributed by atoms with E-state index in [1.807, 2.05) is 6.21 Å². The van der Waals surface area contributed by atoms with Gasteiger partial charge >= 0.3 is 0 Å². The number of piperazine rings is 1. The molecular formula is C21H27N3. The molecule has 0 amide bonds. The molecule has 3 nitrogen and oxygen atoms in total. The van der Waals surface area contributed by atoms with Crippen LogP contribution in [0.3, 0.4) is 0 Å². The molecule has 1 heterocycles. The van der Waals surface area contributed by atoms with Crippen molar-refractivity contribution in [3.05, 3.63) is 71.3 Å². The van der Waals surface area contributed by atoms with E-state index in [1.165, 1.54) is 16.7 Å². The summed E-state index contributed by atoms with van der Waals surface area (Å²) >= 11 is 0. The molecule has 0 saturated carbocycles. The minimum Gasteiger partial charge on any atom is -0.295 e. The zero-order valence-corrected chi connectivity index (χ0v) is 14.7. The molecule has 0 N–H and O–H groups in total. The molecule has 0 spiro atoms. The molecule has 1 aliphatic rings. The second kappa shape index (κ2) is 8.11. The third kappa shape index (κ3) is 4.68. The Kier molecular flexibility index (Phi) is 5.65. The average Bonchev–Trinajstić information content (AvgIpc) is 2.62. The zero-order chi connectivity index (χ0) is 16.8. The largest absolute Gasteiger partial charge is 0.295 e. The maximum atomic E-state index is 4.65. The van der Waals surface area contributed by atoms with Crippen LogP contribution in [-0.4, -0.2) is 42.3 Å². The highest BCUT2D eigenvalue weighted by atomic mass is 15.5. The van der Waals surface area contributed by atoms with Crippen LogP contribution in [0.25, 0.3) is 0 Å². The van der Waals surface area contributed by atoms with Gasteiger partial charge in [0.1, 0.15) is 0 Å². The van der Waals surface area contributed by atoms with Gasteiger partial charge in [-0.25, -0.2) is 0 Å². The van der Waals surface area contributed by atoms with Gasteiger partial charge in [0, 0.05) is 32.7 Å². The minimum absolute atomic E-state index is 0.577. The monoisotopic (exact) mass is 321 g/mol. The van der Waals surface area contributed by atoms with Crippen molar-refractivity contribution in [3.63, 3.8) is 0 Å². The molecule has 1 saturated heterocycles. The van der Waals surface area contributed by atoms with Gasteiger partial charge in [-0.1, -0.05) is 68.4 Å². The highest BCUT2D eigenvalue weighted by molar-refractivity contribution is 5.79. The van der Waals surface area contributed by atoms with Crippen molar-refractivity contribution < 1.29 is 0 Å². The Morgan fingerprint density at radius 1 is 0.917 bits per heavy atom. The molecule has 0 unspecified atom stereocenters. The maximum absolute atomic E-state index is 4.65. The summed E-state index contributed by atoms with van der Waals surface area (Å²) in [6.07, 6.45) is 1.98. The van der Waals surface area contributed by atoms with Gasteiger partial charge in [0.05, 0.1) is 6.21 Å². The molecule has 1 fully saturated rings. The fourth-order valence-corrected chi connectivity index (χ4v) is 2.97. The Balaban J connectivity index is 1.48. The fourth-order valence-electron chi connectivity index (χ4n) is 2.97. The van der Waals surface area contributed by atoms with E-state index < -0.39 is 0 Å². The lowest BCUT2D eigenvalue weighted by molar-refractivity contribution is 0.131. The SMILES string of the molecule is CC(C)c1ccc(/C=N/N2CCN(Cc3ccccc3)CC2)cc1. The summed E-state index contributed by atoms with van der Waals surface area (Å²) in [6, 6.07) is 19.4. The molecule has 3 rings (SSSR count). The summed E-state index contributed by atoms with van der Waals surface area (Å²) in [5, 5.41) is 6.83. The van der Waals surface area contributed by atoms with Crippen molar-refractivity contribution in [3.8, 4) is 0 Å². The van der Waals surface area contributed by atoms with Gasteiger partial charge in [-0.15, -0.1) is 0 Å². The van der Waals surface area contributed by atoms with Crippen LogP contribution in [0.15, 0.2) is 59.7 Å². The smallest absolute Gasteiger partial charge is 0.0542 e. The van der Waals surface area contributed by atoms with Gasteiger partial charge in [-0.3, -0.25) is 9.91 Å². The first kappa shape index (κ1) is 16.7. The Labute approximate surface area is 145 Å². The van der Waals surface area contributed by atoms with E-state index in [2.05, 4.69) is 83.5 Å². The fraction of sp³-hybridized carbons (Fsp3) is 0.381. The summed E-state index contributed by atoms with van der Waals surface area (Å²) in [6.45, 7) is 9.60.